The molecule has 0 bridgehead atoms. The van der Waals surface area contributed by atoms with Crippen LogP contribution in [0.15, 0.2) is 41.4 Å². The molecule has 0 saturated carbocycles. The Morgan fingerprint density at radius 1 is 1.33 bits per heavy atom. The van der Waals surface area contributed by atoms with Gasteiger partial charge in [0.15, 0.2) is 0 Å². The van der Waals surface area contributed by atoms with Gasteiger partial charge in [-0.2, -0.15) is 0 Å². The molecule has 1 unspecified atom stereocenters. The molecule has 2 aromatic rings. The molecule has 0 radical (unpaired) electrons. The van der Waals surface area contributed by atoms with E-state index in [1.54, 1.807) is 18.3 Å². The Kier molecular flexibility index (Phi) is 6.53. The fraction of sp³-hybridized carbons (Fsp3) is 0.292. The summed E-state index contributed by atoms with van der Waals surface area (Å²) in [6.07, 6.45) is 9.91. The molecule has 0 fully saturated rings. The Morgan fingerprint density at radius 2 is 2.07 bits per heavy atom. The Morgan fingerprint density at radius 3 is 2.67 bits per heavy atom. The van der Waals surface area contributed by atoms with Crippen molar-refractivity contribution in [2.45, 2.75) is 32.2 Å². The number of nitrogens with two attached hydrogens (primary N) is 1. The standard InChI is InChI=1S/C24H25N3O3/c1-4-12-26-21-14-17-8-11-22(19(17)15-20(21)23(25)28)27(13-5-2)18-9-6-16(7-10-18)24(29)30-3/h2,6-7,9-10,12,14-15,22H,4,8,11,13H2,1,3H3,(H2,25,28). The molecular formula is C24H25N3O3. The van der Waals surface area contributed by atoms with E-state index in [1.807, 2.05) is 31.2 Å². The lowest BCUT2D eigenvalue weighted by atomic mass is 10.0. The number of benzene rings is 2. The molecule has 6 heteroatoms. The number of rotatable bonds is 7. The number of aliphatic imine (C=N–C) groups is 1. The van der Waals surface area contributed by atoms with Crippen LogP contribution in [0.4, 0.5) is 11.4 Å². The number of anilines is 1. The summed E-state index contributed by atoms with van der Waals surface area (Å²) in [6, 6.07) is 11.0. The van der Waals surface area contributed by atoms with Crippen LogP contribution in [0.3, 0.4) is 0 Å². The van der Waals surface area contributed by atoms with E-state index in [4.69, 9.17) is 16.9 Å². The molecule has 2 N–H and O–H groups in total. The number of carbonyl (C=O) groups excluding carboxylic acids is 2. The molecule has 1 aliphatic carbocycles. The number of fused-ring (bicyclic) bond motifs is 1. The minimum absolute atomic E-state index is 0.00216. The molecular weight excluding hydrogens is 378 g/mol. The van der Waals surface area contributed by atoms with Gasteiger partial charge in [-0.15, -0.1) is 6.42 Å². The molecule has 3 rings (SSSR count). The number of esters is 1. The van der Waals surface area contributed by atoms with E-state index < -0.39 is 5.91 Å². The fourth-order valence-electron chi connectivity index (χ4n) is 3.83. The Bertz CT molecular complexity index is 1020. The van der Waals surface area contributed by atoms with Gasteiger partial charge in [-0.1, -0.05) is 12.8 Å². The summed E-state index contributed by atoms with van der Waals surface area (Å²) in [5.74, 6) is 1.83. The van der Waals surface area contributed by atoms with Gasteiger partial charge in [0.2, 0.25) is 0 Å². The first kappa shape index (κ1) is 21.1. The monoisotopic (exact) mass is 403 g/mol. The average molecular weight is 403 g/mol. The smallest absolute Gasteiger partial charge is 0.337 e. The number of ether oxygens (including phenoxy) is 1. The van der Waals surface area contributed by atoms with Crippen molar-refractivity contribution in [1.29, 1.82) is 0 Å². The van der Waals surface area contributed by atoms with Crippen LogP contribution in [0.25, 0.3) is 0 Å². The number of hydrogen-bond acceptors (Lipinski definition) is 5. The summed E-state index contributed by atoms with van der Waals surface area (Å²) >= 11 is 0. The van der Waals surface area contributed by atoms with Crippen LogP contribution >= 0.6 is 0 Å². The highest BCUT2D eigenvalue weighted by Gasteiger charge is 2.30. The number of amides is 1. The zero-order valence-electron chi connectivity index (χ0n) is 17.2. The predicted molar refractivity (Wildman–Crippen MR) is 118 cm³/mol. The van der Waals surface area contributed by atoms with Crippen molar-refractivity contribution in [3.05, 3.63) is 58.7 Å². The van der Waals surface area contributed by atoms with Crippen molar-refractivity contribution in [3.63, 3.8) is 0 Å². The van der Waals surface area contributed by atoms with E-state index >= 15 is 0 Å². The van der Waals surface area contributed by atoms with Crippen LogP contribution in [0, 0.1) is 12.3 Å². The molecule has 0 aromatic heterocycles. The Balaban J connectivity index is 2.00. The van der Waals surface area contributed by atoms with Gasteiger partial charge in [-0.3, -0.25) is 9.79 Å². The van der Waals surface area contributed by atoms with E-state index in [9.17, 15) is 9.59 Å². The third-order valence-corrected chi connectivity index (χ3v) is 5.24. The van der Waals surface area contributed by atoms with E-state index in [0.29, 0.717) is 23.4 Å². The van der Waals surface area contributed by atoms with E-state index in [1.165, 1.54) is 7.11 Å². The van der Waals surface area contributed by atoms with Crippen LogP contribution < -0.4 is 10.6 Å². The Labute approximate surface area is 176 Å². The predicted octanol–water partition coefficient (Wildman–Crippen LogP) is 3.81. The van der Waals surface area contributed by atoms with E-state index in [2.05, 4.69) is 15.8 Å². The highest BCUT2D eigenvalue weighted by Crippen LogP contribution is 2.41. The minimum atomic E-state index is -0.502. The van der Waals surface area contributed by atoms with Crippen LogP contribution in [-0.4, -0.2) is 31.7 Å². The molecule has 2 aromatic carbocycles. The second-order valence-electron chi connectivity index (χ2n) is 7.08. The molecule has 0 heterocycles. The van der Waals surface area contributed by atoms with Crippen LogP contribution in [0.2, 0.25) is 0 Å². The van der Waals surface area contributed by atoms with Gasteiger partial charge < -0.3 is 15.4 Å². The lowest BCUT2D eigenvalue weighted by Crippen LogP contribution is -2.28. The van der Waals surface area contributed by atoms with Crippen molar-refractivity contribution in [1.82, 2.24) is 0 Å². The van der Waals surface area contributed by atoms with Gasteiger partial charge in [0.05, 0.1) is 36.5 Å². The van der Waals surface area contributed by atoms with Crippen LogP contribution in [0.1, 0.15) is 57.7 Å². The molecule has 30 heavy (non-hydrogen) atoms. The van der Waals surface area contributed by atoms with Gasteiger partial charge in [0.25, 0.3) is 5.91 Å². The molecule has 0 saturated heterocycles. The summed E-state index contributed by atoms with van der Waals surface area (Å²) in [5, 5.41) is 0. The third-order valence-electron chi connectivity index (χ3n) is 5.24. The number of nitrogens with zero attached hydrogens (tertiary/aromatic N) is 2. The van der Waals surface area contributed by atoms with Gasteiger partial charge in [0, 0.05) is 11.9 Å². The highest BCUT2D eigenvalue weighted by atomic mass is 16.5. The maximum Gasteiger partial charge on any atom is 0.337 e. The molecule has 154 valence electrons. The first-order valence-electron chi connectivity index (χ1n) is 9.87. The number of primary amides is 1. The van der Waals surface area contributed by atoms with Gasteiger partial charge in [-0.25, -0.2) is 4.79 Å². The topological polar surface area (TPSA) is 85.0 Å². The van der Waals surface area contributed by atoms with Gasteiger partial charge >= 0.3 is 5.97 Å². The maximum absolute atomic E-state index is 12.0. The average Bonchev–Trinajstić information content (AvgIpc) is 3.17. The third kappa shape index (κ3) is 4.20. The second-order valence-corrected chi connectivity index (χ2v) is 7.08. The SMILES string of the molecule is C#CCN(c1ccc(C(=O)OC)cc1)C1CCc2cc(N=CCC)c(C(N)=O)cc21. The summed E-state index contributed by atoms with van der Waals surface area (Å²) in [5.41, 5.74) is 10.2. The first-order valence-corrected chi connectivity index (χ1v) is 9.87. The minimum Gasteiger partial charge on any atom is -0.465 e. The number of hydrogen-bond donors (Lipinski definition) is 1. The van der Waals surface area contributed by atoms with E-state index in [-0.39, 0.29) is 12.0 Å². The van der Waals surface area contributed by atoms with Crippen molar-refractivity contribution in [2.75, 3.05) is 18.6 Å². The summed E-state index contributed by atoms with van der Waals surface area (Å²) in [7, 11) is 1.35. The van der Waals surface area contributed by atoms with Crippen LogP contribution in [-0.2, 0) is 11.2 Å². The zero-order chi connectivity index (χ0) is 21.7. The molecule has 1 amide bonds. The normalized spacial score (nSPS) is 14.9. The summed E-state index contributed by atoms with van der Waals surface area (Å²) in [6.45, 7) is 2.38. The second kappa shape index (κ2) is 9.27. The number of methoxy groups -OCH3 is 1. The van der Waals surface area contributed by atoms with Crippen molar-refractivity contribution < 1.29 is 14.3 Å². The number of carbonyl (C=O) groups is 2. The van der Waals surface area contributed by atoms with Gasteiger partial charge in [0.1, 0.15) is 0 Å². The Hall–Kier alpha value is -3.59. The van der Waals surface area contributed by atoms with Crippen molar-refractivity contribution in [2.24, 2.45) is 10.7 Å². The first-order chi connectivity index (χ1) is 14.5. The fourth-order valence-corrected chi connectivity index (χ4v) is 3.83. The molecule has 6 nitrogen and oxygen atoms in total. The van der Waals surface area contributed by atoms with Crippen molar-refractivity contribution >= 4 is 29.5 Å². The van der Waals surface area contributed by atoms with Crippen LogP contribution in [0.5, 0.6) is 0 Å². The number of aryl methyl sites for hydroxylation is 1. The molecule has 0 aliphatic heterocycles. The lowest BCUT2D eigenvalue weighted by molar-refractivity contribution is 0.0600. The van der Waals surface area contributed by atoms with E-state index in [0.717, 1.165) is 36.1 Å². The highest BCUT2D eigenvalue weighted by molar-refractivity contribution is 5.99. The lowest BCUT2D eigenvalue weighted by Gasteiger charge is -2.30. The largest absolute Gasteiger partial charge is 0.465 e. The summed E-state index contributed by atoms with van der Waals surface area (Å²) < 4.78 is 4.76. The summed E-state index contributed by atoms with van der Waals surface area (Å²) in [4.78, 5) is 30.3. The molecule has 0 spiro atoms. The maximum atomic E-state index is 12.0. The molecule has 1 atom stereocenters. The van der Waals surface area contributed by atoms with Crippen molar-refractivity contribution in [3.8, 4) is 12.3 Å². The van der Waals surface area contributed by atoms with Gasteiger partial charge in [-0.05, 0) is 66.8 Å². The molecule has 1 aliphatic rings. The quantitative estimate of drug-likeness (QED) is 0.433. The zero-order valence-corrected chi connectivity index (χ0v) is 17.2. The number of terminal acetylenes is 1.